The normalized spacial score (nSPS) is 28.8. The molecule has 2 bridgehead atoms. The van der Waals surface area contributed by atoms with Gasteiger partial charge in [-0.1, -0.05) is 6.07 Å². The van der Waals surface area contributed by atoms with E-state index in [1.807, 2.05) is 12.1 Å². The number of phenols is 1. The van der Waals surface area contributed by atoms with Crippen molar-refractivity contribution in [3.05, 3.63) is 23.8 Å². The molecule has 1 aromatic carbocycles. The lowest BCUT2D eigenvalue weighted by Gasteiger charge is -2.37. The number of rotatable bonds is 4. The highest BCUT2D eigenvalue weighted by Crippen LogP contribution is 2.33. The van der Waals surface area contributed by atoms with Gasteiger partial charge in [0.05, 0.1) is 7.11 Å². The Morgan fingerprint density at radius 1 is 1.08 bits per heavy atom. The van der Waals surface area contributed by atoms with Gasteiger partial charge in [-0.05, 0) is 49.3 Å². The molecular formula is C20H30N2O3. The largest absolute Gasteiger partial charge is 0.504 e. The molecule has 5 rings (SSSR count). The molecule has 0 aliphatic carbocycles. The average molecular weight is 346 g/mol. The van der Waals surface area contributed by atoms with Crippen molar-refractivity contribution in [2.24, 2.45) is 5.92 Å². The Balaban J connectivity index is 1.44. The van der Waals surface area contributed by atoms with Crippen LogP contribution >= 0.6 is 0 Å². The molecule has 2 atom stereocenters. The van der Waals surface area contributed by atoms with Crippen LogP contribution in [0.5, 0.6) is 11.5 Å². The fourth-order valence-corrected chi connectivity index (χ4v) is 4.83. The van der Waals surface area contributed by atoms with Gasteiger partial charge >= 0.3 is 0 Å². The number of aromatic hydroxyl groups is 1. The van der Waals surface area contributed by atoms with E-state index in [2.05, 4.69) is 15.9 Å². The molecule has 0 unspecified atom stereocenters. The van der Waals surface area contributed by atoms with E-state index in [4.69, 9.17) is 9.47 Å². The van der Waals surface area contributed by atoms with Crippen LogP contribution in [0.1, 0.15) is 31.2 Å². The van der Waals surface area contributed by atoms with Crippen LogP contribution in [0.3, 0.4) is 0 Å². The van der Waals surface area contributed by atoms with E-state index < -0.39 is 0 Å². The highest BCUT2D eigenvalue weighted by atomic mass is 16.5. The first-order valence-corrected chi connectivity index (χ1v) is 9.64. The molecule has 4 saturated heterocycles. The summed E-state index contributed by atoms with van der Waals surface area (Å²) in [5.41, 5.74) is 1.17. The van der Waals surface area contributed by atoms with Crippen LogP contribution in [0.2, 0.25) is 0 Å². The van der Waals surface area contributed by atoms with E-state index in [0.29, 0.717) is 17.8 Å². The Bertz CT molecular complexity index is 588. The summed E-state index contributed by atoms with van der Waals surface area (Å²) in [5.74, 6) is 1.56. The molecule has 4 heterocycles. The second kappa shape index (κ2) is 7.52. The second-order valence-electron chi connectivity index (χ2n) is 7.83. The SMILES string of the molecule is COc1ccc(CN2C[C@H]3CC[C@@H]2CN(C2CCOCC2)C3)cc1O. The standard InChI is InChI=1S/C20H30N2O3/c1-24-20-5-3-15(10-19(20)23)11-21-12-16-2-4-18(21)14-22(13-16)17-6-8-25-9-7-17/h3,5,10,16-18,23H,2,4,6-9,11-14H2,1H3/t16-,18-/m1/s1. The number of fused-ring (bicyclic) bond motifs is 4. The molecule has 0 radical (unpaired) electrons. The zero-order valence-electron chi connectivity index (χ0n) is 15.2. The van der Waals surface area contributed by atoms with Gasteiger partial charge in [-0.25, -0.2) is 0 Å². The molecule has 5 heteroatoms. The first-order chi connectivity index (χ1) is 12.2. The number of nitrogens with zero attached hydrogens (tertiary/aromatic N) is 2. The van der Waals surface area contributed by atoms with Gasteiger partial charge in [0.2, 0.25) is 0 Å². The predicted octanol–water partition coefficient (Wildman–Crippen LogP) is 2.48. The highest BCUT2D eigenvalue weighted by molar-refractivity contribution is 5.41. The van der Waals surface area contributed by atoms with Crippen LogP contribution in [0.25, 0.3) is 0 Å². The first kappa shape index (κ1) is 17.1. The Morgan fingerprint density at radius 2 is 1.92 bits per heavy atom. The quantitative estimate of drug-likeness (QED) is 0.907. The number of hydrogen-bond donors (Lipinski definition) is 1. The topological polar surface area (TPSA) is 45.2 Å². The van der Waals surface area contributed by atoms with Crippen LogP contribution < -0.4 is 4.74 Å². The monoisotopic (exact) mass is 346 g/mol. The van der Waals surface area contributed by atoms with E-state index in [-0.39, 0.29) is 5.75 Å². The third-order valence-corrected chi connectivity index (χ3v) is 6.19. The van der Waals surface area contributed by atoms with Gasteiger partial charge in [-0.15, -0.1) is 0 Å². The second-order valence-corrected chi connectivity index (χ2v) is 7.83. The third-order valence-electron chi connectivity index (χ3n) is 6.19. The summed E-state index contributed by atoms with van der Waals surface area (Å²) in [7, 11) is 1.59. The summed E-state index contributed by atoms with van der Waals surface area (Å²) in [6, 6.07) is 7.14. The summed E-state index contributed by atoms with van der Waals surface area (Å²) in [6.45, 7) is 6.36. The summed E-state index contributed by atoms with van der Waals surface area (Å²) < 4.78 is 10.7. The Morgan fingerprint density at radius 3 is 2.68 bits per heavy atom. The van der Waals surface area contributed by atoms with Crippen molar-refractivity contribution < 1.29 is 14.6 Å². The zero-order chi connectivity index (χ0) is 17.2. The fraction of sp³-hybridized carbons (Fsp3) is 0.700. The van der Waals surface area contributed by atoms with Gasteiger partial charge in [-0.3, -0.25) is 9.80 Å². The van der Waals surface area contributed by atoms with Gasteiger partial charge in [0.1, 0.15) is 0 Å². The molecule has 138 valence electrons. The molecule has 25 heavy (non-hydrogen) atoms. The molecule has 1 aromatic rings. The van der Waals surface area contributed by atoms with Crippen molar-refractivity contribution in [3.63, 3.8) is 0 Å². The average Bonchev–Trinajstić information content (AvgIpc) is 2.95. The maximum absolute atomic E-state index is 10.1. The molecular weight excluding hydrogens is 316 g/mol. The molecule has 0 aromatic heterocycles. The number of piperidine rings is 1. The summed E-state index contributed by atoms with van der Waals surface area (Å²) in [5, 5.41) is 10.1. The minimum Gasteiger partial charge on any atom is -0.504 e. The van der Waals surface area contributed by atoms with Crippen LogP contribution in [-0.2, 0) is 11.3 Å². The van der Waals surface area contributed by atoms with Crippen molar-refractivity contribution in [2.45, 2.75) is 44.3 Å². The van der Waals surface area contributed by atoms with E-state index in [0.717, 1.165) is 25.7 Å². The van der Waals surface area contributed by atoms with Crippen molar-refractivity contribution in [2.75, 3.05) is 40.0 Å². The lowest BCUT2D eigenvalue weighted by Crippen LogP contribution is -2.45. The third kappa shape index (κ3) is 3.78. The van der Waals surface area contributed by atoms with Gasteiger partial charge in [0, 0.05) is 51.5 Å². The number of hydrogen-bond acceptors (Lipinski definition) is 5. The van der Waals surface area contributed by atoms with Gasteiger partial charge < -0.3 is 14.6 Å². The van der Waals surface area contributed by atoms with Gasteiger partial charge in [0.15, 0.2) is 11.5 Å². The first-order valence-electron chi connectivity index (χ1n) is 9.64. The molecule has 0 amide bonds. The molecule has 5 nitrogen and oxygen atoms in total. The van der Waals surface area contributed by atoms with Crippen molar-refractivity contribution >= 4 is 0 Å². The minimum absolute atomic E-state index is 0.240. The minimum atomic E-state index is 0.240. The van der Waals surface area contributed by atoms with E-state index >= 15 is 0 Å². The Hall–Kier alpha value is -1.30. The smallest absolute Gasteiger partial charge is 0.160 e. The Kier molecular flexibility index (Phi) is 5.15. The molecule has 4 aliphatic rings. The summed E-state index contributed by atoms with van der Waals surface area (Å²) >= 11 is 0. The lowest BCUT2D eigenvalue weighted by atomic mass is 9.94. The molecule has 0 saturated carbocycles. The van der Waals surface area contributed by atoms with E-state index in [9.17, 15) is 5.11 Å². The molecule has 4 aliphatic heterocycles. The Labute approximate surface area is 150 Å². The number of methoxy groups -OCH3 is 1. The molecule has 0 spiro atoms. The van der Waals surface area contributed by atoms with Gasteiger partial charge in [-0.2, -0.15) is 0 Å². The fourth-order valence-electron chi connectivity index (χ4n) is 4.83. The number of phenolic OH excluding ortho intramolecular Hbond substituents is 1. The maximum atomic E-state index is 10.1. The number of benzene rings is 1. The summed E-state index contributed by atoms with van der Waals surface area (Å²) in [6.07, 6.45) is 5.03. The van der Waals surface area contributed by atoms with Crippen LogP contribution in [0.4, 0.5) is 0 Å². The van der Waals surface area contributed by atoms with Crippen LogP contribution in [-0.4, -0.2) is 66.9 Å². The van der Waals surface area contributed by atoms with E-state index in [1.54, 1.807) is 7.11 Å². The zero-order valence-corrected chi connectivity index (χ0v) is 15.2. The number of ether oxygens (including phenoxy) is 2. The predicted molar refractivity (Wildman–Crippen MR) is 97.0 cm³/mol. The van der Waals surface area contributed by atoms with Crippen LogP contribution in [0.15, 0.2) is 18.2 Å². The summed E-state index contributed by atoms with van der Waals surface area (Å²) in [4.78, 5) is 5.38. The highest BCUT2D eigenvalue weighted by Gasteiger charge is 2.37. The lowest BCUT2D eigenvalue weighted by molar-refractivity contribution is 0.0307. The maximum Gasteiger partial charge on any atom is 0.160 e. The molecule has 1 N–H and O–H groups in total. The van der Waals surface area contributed by atoms with E-state index in [1.165, 1.54) is 50.9 Å². The van der Waals surface area contributed by atoms with Crippen LogP contribution in [0, 0.1) is 5.92 Å². The van der Waals surface area contributed by atoms with Gasteiger partial charge in [0.25, 0.3) is 0 Å². The molecule has 4 fully saturated rings. The van der Waals surface area contributed by atoms with Crippen molar-refractivity contribution in [1.82, 2.24) is 9.80 Å². The van der Waals surface area contributed by atoms with Crippen molar-refractivity contribution in [1.29, 1.82) is 0 Å². The van der Waals surface area contributed by atoms with Crippen molar-refractivity contribution in [3.8, 4) is 11.5 Å².